The summed E-state index contributed by atoms with van der Waals surface area (Å²) in [6, 6.07) is 6.15. The third-order valence-electron chi connectivity index (χ3n) is 3.91. The monoisotopic (exact) mass is 269 g/mol. The predicted octanol–water partition coefficient (Wildman–Crippen LogP) is 3.22. The number of aryl methyl sites for hydroxylation is 2. The second-order valence-electron chi connectivity index (χ2n) is 5.30. The third-order valence-corrected chi connectivity index (χ3v) is 3.91. The van der Waals surface area contributed by atoms with Crippen LogP contribution in [0.2, 0.25) is 0 Å². The molecular weight excluding hydrogens is 250 g/mol. The zero-order valence-electron chi connectivity index (χ0n) is 11.8. The number of nitrogens with zero attached hydrogens (tertiary/aromatic N) is 1. The molecule has 0 bridgehead atoms. The first-order chi connectivity index (χ1) is 9.78. The molecule has 0 fully saturated rings. The summed E-state index contributed by atoms with van der Waals surface area (Å²) in [4.78, 5) is 16.1. The van der Waals surface area contributed by atoms with Gasteiger partial charge >= 0.3 is 5.97 Å². The molecule has 0 atom stereocenters. The Labute approximate surface area is 119 Å². The van der Waals surface area contributed by atoms with Crippen molar-refractivity contribution in [2.24, 2.45) is 0 Å². The van der Waals surface area contributed by atoms with Crippen molar-refractivity contribution in [2.45, 2.75) is 39.0 Å². The van der Waals surface area contributed by atoms with E-state index in [1.54, 1.807) is 0 Å². The molecule has 0 N–H and O–H groups in total. The van der Waals surface area contributed by atoms with Crippen LogP contribution in [0.3, 0.4) is 0 Å². The van der Waals surface area contributed by atoms with Crippen molar-refractivity contribution in [3.63, 3.8) is 0 Å². The van der Waals surface area contributed by atoms with E-state index in [1.807, 2.05) is 25.3 Å². The van der Waals surface area contributed by atoms with Gasteiger partial charge in [-0.1, -0.05) is 12.1 Å². The van der Waals surface area contributed by atoms with E-state index in [-0.39, 0.29) is 5.97 Å². The molecule has 1 aliphatic carbocycles. The van der Waals surface area contributed by atoms with E-state index < -0.39 is 0 Å². The lowest BCUT2D eigenvalue weighted by Gasteiger charge is -2.17. The average Bonchev–Trinajstić information content (AvgIpc) is 2.47. The SMILES string of the molecule is CCOC(=O)Cc1ccc2c3c(cnc2c1)CCCC3. The van der Waals surface area contributed by atoms with Crippen LogP contribution >= 0.6 is 0 Å². The van der Waals surface area contributed by atoms with Crippen LogP contribution in [0.15, 0.2) is 24.4 Å². The molecule has 0 amide bonds. The lowest BCUT2D eigenvalue weighted by molar-refractivity contribution is -0.142. The first-order valence-corrected chi connectivity index (χ1v) is 7.33. The molecule has 1 aliphatic rings. The maximum absolute atomic E-state index is 11.5. The molecule has 1 aromatic carbocycles. The topological polar surface area (TPSA) is 39.2 Å². The zero-order chi connectivity index (χ0) is 13.9. The largest absolute Gasteiger partial charge is 0.466 e. The summed E-state index contributed by atoms with van der Waals surface area (Å²) in [6.07, 6.45) is 7.14. The Kier molecular flexibility index (Phi) is 3.68. The lowest BCUT2D eigenvalue weighted by Crippen LogP contribution is -2.08. The van der Waals surface area contributed by atoms with Crippen LogP contribution in [0.25, 0.3) is 10.9 Å². The van der Waals surface area contributed by atoms with Gasteiger partial charge in [-0.3, -0.25) is 9.78 Å². The second-order valence-corrected chi connectivity index (χ2v) is 5.30. The van der Waals surface area contributed by atoms with Crippen molar-refractivity contribution in [2.75, 3.05) is 6.61 Å². The number of carbonyl (C=O) groups is 1. The Bertz CT molecular complexity index is 649. The maximum atomic E-state index is 11.5. The number of rotatable bonds is 3. The minimum Gasteiger partial charge on any atom is -0.466 e. The molecule has 3 rings (SSSR count). The molecule has 3 heteroatoms. The van der Waals surface area contributed by atoms with Gasteiger partial charge in [0.15, 0.2) is 0 Å². The molecular formula is C17H19NO2. The van der Waals surface area contributed by atoms with Crippen molar-refractivity contribution in [1.29, 1.82) is 0 Å². The lowest BCUT2D eigenvalue weighted by atomic mass is 9.90. The van der Waals surface area contributed by atoms with Gasteiger partial charge in [0, 0.05) is 11.6 Å². The Morgan fingerprint density at radius 3 is 3.00 bits per heavy atom. The highest BCUT2D eigenvalue weighted by atomic mass is 16.5. The van der Waals surface area contributed by atoms with E-state index in [1.165, 1.54) is 29.4 Å². The summed E-state index contributed by atoms with van der Waals surface area (Å²) in [5.41, 5.74) is 4.80. The smallest absolute Gasteiger partial charge is 0.310 e. The van der Waals surface area contributed by atoms with E-state index in [0.717, 1.165) is 23.9 Å². The van der Waals surface area contributed by atoms with E-state index in [9.17, 15) is 4.79 Å². The molecule has 0 saturated heterocycles. The number of hydrogen-bond acceptors (Lipinski definition) is 3. The van der Waals surface area contributed by atoms with Gasteiger partial charge in [-0.25, -0.2) is 0 Å². The highest BCUT2D eigenvalue weighted by molar-refractivity contribution is 5.85. The molecule has 2 aromatic rings. The van der Waals surface area contributed by atoms with Gasteiger partial charge in [0.1, 0.15) is 0 Å². The molecule has 0 aliphatic heterocycles. The number of esters is 1. The number of pyridine rings is 1. The van der Waals surface area contributed by atoms with Gasteiger partial charge in [-0.05, 0) is 55.4 Å². The standard InChI is InChI=1S/C17H19NO2/c1-2-20-17(19)10-12-7-8-15-14-6-4-3-5-13(14)11-18-16(15)9-12/h7-9,11H,2-6,10H2,1H3. The Morgan fingerprint density at radius 1 is 1.30 bits per heavy atom. The zero-order valence-corrected chi connectivity index (χ0v) is 11.8. The van der Waals surface area contributed by atoms with Gasteiger partial charge in [-0.15, -0.1) is 0 Å². The quantitative estimate of drug-likeness (QED) is 0.803. The maximum Gasteiger partial charge on any atom is 0.310 e. The molecule has 0 unspecified atom stereocenters. The van der Waals surface area contributed by atoms with Crippen LogP contribution in [0, 0.1) is 0 Å². The highest BCUT2D eigenvalue weighted by Gasteiger charge is 2.14. The fourth-order valence-corrected chi connectivity index (χ4v) is 2.95. The van der Waals surface area contributed by atoms with E-state index in [2.05, 4.69) is 11.1 Å². The summed E-state index contributed by atoms with van der Waals surface area (Å²) < 4.78 is 4.99. The molecule has 0 saturated carbocycles. The molecule has 0 spiro atoms. The molecule has 1 heterocycles. The molecule has 1 aromatic heterocycles. The number of benzene rings is 1. The van der Waals surface area contributed by atoms with E-state index >= 15 is 0 Å². The Balaban J connectivity index is 1.94. The van der Waals surface area contributed by atoms with Crippen molar-refractivity contribution < 1.29 is 9.53 Å². The summed E-state index contributed by atoms with van der Waals surface area (Å²) in [7, 11) is 0. The minimum absolute atomic E-state index is 0.176. The van der Waals surface area contributed by atoms with Gasteiger partial charge in [0.25, 0.3) is 0 Å². The van der Waals surface area contributed by atoms with E-state index in [0.29, 0.717) is 13.0 Å². The second kappa shape index (κ2) is 5.61. The summed E-state index contributed by atoms with van der Waals surface area (Å²) in [5, 5.41) is 1.25. The number of hydrogen-bond donors (Lipinski definition) is 0. The molecule has 3 nitrogen and oxygen atoms in total. The number of ether oxygens (including phenoxy) is 1. The number of carbonyl (C=O) groups excluding carboxylic acids is 1. The van der Waals surface area contributed by atoms with Gasteiger partial charge in [0.05, 0.1) is 18.5 Å². The highest BCUT2D eigenvalue weighted by Crippen LogP contribution is 2.28. The summed E-state index contributed by atoms with van der Waals surface area (Å²) in [6.45, 7) is 2.25. The normalized spacial score (nSPS) is 14.1. The molecule has 104 valence electrons. The molecule has 0 radical (unpaired) electrons. The summed E-state index contributed by atoms with van der Waals surface area (Å²) >= 11 is 0. The Morgan fingerprint density at radius 2 is 2.15 bits per heavy atom. The van der Waals surface area contributed by atoms with Crippen LogP contribution in [0.1, 0.15) is 36.5 Å². The minimum atomic E-state index is -0.176. The van der Waals surface area contributed by atoms with Crippen molar-refractivity contribution in [1.82, 2.24) is 4.98 Å². The van der Waals surface area contributed by atoms with Crippen molar-refractivity contribution in [3.05, 3.63) is 41.1 Å². The third kappa shape index (κ3) is 2.53. The van der Waals surface area contributed by atoms with Crippen molar-refractivity contribution >= 4 is 16.9 Å². The molecule has 20 heavy (non-hydrogen) atoms. The fourth-order valence-electron chi connectivity index (χ4n) is 2.95. The van der Waals surface area contributed by atoms with Crippen LogP contribution < -0.4 is 0 Å². The van der Waals surface area contributed by atoms with Crippen LogP contribution in [-0.4, -0.2) is 17.6 Å². The van der Waals surface area contributed by atoms with Crippen molar-refractivity contribution in [3.8, 4) is 0 Å². The fraction of sp³-hybridized carbons (Fsp3) is 0.412. The average molecular weight is 269 g/mol. The number of fused-ring (bicyclic) bond motifs is 3. The number of aromatic nitrogens is 1. The first kappa shape index (κ1) is 13.1. The Hall–Kier alpha value is -1.90. The first-order valence-electron chi connectivity index (χ1n) is 7.33. The van der Waals surface area contributed by atoms with Gasteiger partial charge in [-0.2, -0.15) is 0 Å². The summed E-state index contributed by atoms with van der Waals surface area (Å²) in [5.74, 6) is -0.176. The predicted molar refractivity (Wildman–Crippen MR) is 78.7 cm³/mol. The van der Waals surface area contributed by atoms with Gasteiger partial charge < -0.3 is 4.74 Å². The van der Waals surface area contributed by atoms with Crippen LogP contribution in [0.5, 0.6) is 0 Å². The van der Waals surface area contributed by atoms with E-state index in [4.69, 9.17) is 4.74 Å². The van der Waals surface area contributed by atoms with Crippen LogP contribution in [-0.2, 0) is 28.8 Å². The van der Waals surface area contributed by atoms with Crippen LogP contribution in [0.4, 0.5) is 0 Å². The van der Waals surface area contributed by atoms with Gasteiger partial charge in [0.2, 0.25) is 0 Å².